The summed E-state index contributed by atoms with van der Waals surface area (Å²) in [6, 6.07) is 13.3. The standard InChI is InChI=1S/C24H22N4O8/c1-15-8-16(2)10-19(9-15)35-14-24(29)26-25-13-17-4-6-22(23(11-17)34-3)36-21-7-5-18(27(30)31)12-20(21)28(32)33/h4-13H,14H2,1-3H3,(H,26,29)/b25-13-. The fourth-order valence-corrected chi connectivity index (χ4v) is 3.19. The van der Waals surface area contributed by atoms with E-state index in [2.05, 4.69) is 10.5 Å². The Balaban J connectivity index is 1.66. The molecule has 0 saturated carbocycles. The van der Waals surface area contributed by atoms with Gasteiger partial charge in [-0.2, -0.15) is 5.10 Å². The highest BCUT2D eigenvalue weighted by molar-refractivity contribution is 5.83. The predicted octanol–water partition coefficient (Wildman–Crippen LogP) is 4.45. The summed E-state index contributed by atoms with van der Waals surface area (Å²) in [5.41, 5.74) is 3.93. The second kappa shape index (κ2) is 11.4. The number of nitrogens with zero attached hydrogens (tertiary/aromatic N) is 3. The molecule has 1 N–H and O–H groups in total. The lowest BCUT2D eigenvalue weighted by Crippen LogP contribution is -2.24. The molecule has 3 rings (SSSR count). The second-order valence-corrected chi connectivity index (χ2v) is 7.58. The number of carbonyl (C=O) groups is 1. The van der Waals surface area contributed by atoms with Crippen molar-refractivity contribution in [2.45, 2.75) is 13.8 Å². The average Bonchev–Trinajstić information content (AvgIpc) is 2.83. The number of benzene rings is 3. The summed E-state index contributed by atoms with van der Waals surface area (Å²) < 4.78 is 16.4. The number of nitro groups is 2. The first-order valence-electron chi connectivity index (χ1n) is 10.5. The van der Waals surface area contributed by atoms with Gasteiger partial charge in [-0.05, 0) is 66.9 Å². The summed E-state index contributed by atoms with van der Waals surface area (Å²) in [7, 11) is 1.37. The number of ether oxygens (including phenoxy) is 3. The van der Waals surface area contributed by atoms with Gasteiger partial charge in [-0.25, -0.2) is 5.43 Å². The van der Waals surface area contributed by atoms with Gasteiger partial charge in [0.05, 0.1) is 29.2 Å². The monoisotopic (exact) mass is 494 g/mol. The number of aryl methyl sites for hydroxylation is 2. The van der Waals surface area contributed by atoms with Crippen LogP contribution in [0.15, 0.2) is 59.7 Å². The molecule has 0 bridgehead atoms. The molecule has 0 aliphatic carbocycles. The third-order valence-corrected chi connectivity index (χ3v) is 4.73. The Labute approximate surface area is 205 Å². The molecule has 0 fully saturated rings. The van der Waals surface area contributed by atoms with Crippen LogP contribution in [-0.2, 0) is 4.79 Å². The number of non-ortho nitro benzene ring substituents is 1. The lowest BCUT2D eigenvalue weighted by atomic mass is 10.1. The maximum atomic E-state index is 12.0. The van der Waals surface area contributed by atoms with Crippen LogP contribution in [0.1, 0.15) is 16.7 Å². The first kappa shape index (κ1) is 25.6. The topological polar surface area (TPSA) is 155 Å². The highest BCUT2D eigenvalue weighted by atomic mass is 16.6. The van der Waals surface area contributed by atoms with Gasteiger partial charge < -0.3 is 14.2 Å². The SMILES string of the molecule is COc1cc(/C=N\NC(=O)COc2cc(C)cc(C)c2)ccc1Oc1ccc([N+](=O)[O-])cc1[N+](=O)[O-]. The van der Waals surface area contributed by atoms with Crippen LogP contribution in [0.5, 0.6) is 23.0 Å². The summed E-state index contributed by atoms with van der Waals surface area (Å²) in [5, 5.41) is 26.1. The molecular weight excluding hydrogens is 472 g/mol. The van der Waals surface area contributed by atoms with Gasteiger partial charge in [0.2, 0.25) is 5.75 Å². The van der Waals surface area contributed by atoms with Crippen molar-refractivity contribution in [1.29, 1.82) is 0 Å². The zero-order chi connectivity index (χ0) is 26.2. The van der Waals surface area contributed by atoms with Crippen LogP contribution in [0.4, 0.5) is 11.4 Å². The number of carbonyl (C=O) groups excluding carboxylic acids is 1. The van der Waals surface area contributed by atoms with E-state index in [4.69, 9.17) is 14.2 Å². The molecule has 0 aromatic heterocycles. The fourth-order valence-electron chi connectivity index (χ4n) is 3.19. The van der Waals surface area contributed by atoms with Crippen molar-refractivity contribution in [2.24, 2.45) is 5.10 Å². The van der Waals surface area contributed by atoms with E-state index in [-0.39, 0.29) is 23.9 Å². The number of amides is 1. The van der Waals surface area contributed by atoms with Crippen LogP contribution in [-0.4, -0.2) is 35.7 Å². The summed E-state index contributed by atoms with van der Waals surface area (Å²) >= 11 is 0. The van der Waals surface area contributed by atoms with E-state index in [1.54, 1.807) is 6.07 Å². The molecule has 0 aliphatic rings. The maximum Gasteiger partial charge on any atom is 0.318 e. The zero-order valence-corrected chi connectivity index (χ0v) is 19.6. The van der Waals surface area contributed by atoms with E-state index in [1.807, 2.05) is 32.0 Å². The van der Waals surface area contributed by atoms with Crippen molar-refractivity contribution >= 4 is 23.5 Å². The third kappa shape index (κ3) is 6.76. The van der Waals surface area contributed by atoms with Gasteiger partial charge in [0.15, 0.2) is 18.1 Å². The molecule has 12 heteroatoms. The molecule has 3 aromatic carbocycles. The van der Waals surface area contributed by atoms with Crippen molar-refractivity contribution in [3.63, 3.8) is 0 Å². The normalized spacial score (nSPS) is 10.6. The van der Waals surface area contributed by atoms with Crippen LogP contribution >= 0.6 is 0 Å². The van der Waals surface area contributed by atoms with Crippen LogP contribution in [0.3, 0.4) is 0 Å². The lowest BCUT2D eigenvalue weighted by Gasteiger charge is -2.11. The molecule has 36 heavy (non-hydrogen) atoms. The molecule has 0 radical (unpaired) electrons. The highest BCUT2D eigenvalue weighted by Crippen LogP contribution is 2.38. The number of nitro benzene ring substituents is 2. The largest absolute Gasteiger partial charge is 0.493 e. The molecule has 186 valence electrons. The molecule has 3 aromatic rings. The van der Waals surface area contributed by atoms with Crippen molar-refractivity contribution in [3.05, 3.63) is 91.5 Å². The molecule has 1 amide bonds. The van der Waals surface area contributed by atoms with Gasteiger partial charge in [0.1, 0.15) is 5.75 Å². The Bertz CT molecular complexity index is 1320. The Morgan fingerprint density at radius 3 is 2.28 bits per heavy atom. The molecule has 0 atom stereocenters. The summed E-state index contributed by atoms with van der Waals surface area (Å²) in [6.45, 7) is 3.65. The molecule has 0 saturated heterocycles. The lowest BCUT2D eigenvalue weighted by molar-refractivity contribution is -0.394. The number of nitrogens with one attached hydrogen (secondary N) is 1. The summed E-state index contributed by atoms with van der Waals surface area (Å²) in [6.07, 6.45) is 1.37. The average molecular weight is 494 g/mol. The second-order valence-electron chi connectivity index (χ2n) is 7.58. The first-order valence-corrected chi connectivity index (χ1v) is 10.5. The highest BCUT2D eigenvalue weighted by Gasteiger charge is 2.22. The number of hydrogen-bond donors (Lipinski definition) is 1. The van der Waals surface area contributed by atoms with Crippen molar-refractivity contribution < 1.29 is 28.9 Å². The zero-order valence-electron chi connectivity index (χ0n) is 19.6. The van der Waals surface area contributed by atoms with Gasteiger partial charge in [-0.1, -0.05) is 6.07 Å². The quantitative estimate of drug-likeness (QED) is 0.246. The van der Waals surface area contributed by atoms with Crippen LogP contribution in [0, 0.1) is 34.1 Å². The van der Waals surface area contributed by atoms with Gasteiger partial charge in [0.25, 0.3) is 11.6 Å². The fraction of sp³-hybridized carbons (Fsp3) is 0.167. The minimum Gasteiger partial charge on any atom is -0.493 e. The Morgan fingerprint density at radius 1 is 0.944 bits per heavy atom. The van der Waals surface area contributed by atoms with Gasteiger partial charge >= 0.3 is 5.69 Å². The minimum atomic E-state index is -0.775. The van der Waals surface area contributed by atoms with E-state index >= 15 is 0 Å². The van der Waals surface area contributed by atoms with E-state index < -0.39 is 27.1 Å². The maximum absolute atomic E-state index is 12.0. The van der Waals surface area contributed by atoms with E-state index in [0.29, 0.717) is 11.3 Å². The molecule has 0 aliphatic heterocycles. The van der Waals surface area contributed by atoms with Gasteiger partial charge in [-0.3, -0.25) is 25.0 Å². The Kier molecular flexibility index (Phi) is 8.13. The summed E-state index contributed by atoms with van der Waals surface area (Å²) in [5.74, 6) is 0.290. The molecule has 0 unspecified atom stereocenters. The number of hydrazone groups is 1. The van der Waals surface area contributed by atoms with Gasteiger partial charge in [-0.15, -0.1) is 0 Å². The number of methoxy groups -OCH3 is 1. The van der Waals surface area contributed by atoms with Crippen molar-refractivity contribution in [2.75, 3.05) is 13.7 Å². The van der Waals surface area contributed by atoms with Crippen molar-refractivity contribution in [1.82, 2.24) is 5.43 Å². The van der Waals surface area contributed by atoms with E-state index in [9.17, 15) is 25.0 Å². The Morgan fingerprint density at radius 2 is 1.64 bits per heavy atom. The van der Waals surface area contributed by atoms with Crippen LogP contribution in [0.2, 0.25) is 0 Å². The van der Waals surface area contributed by atoms with E-state index in [1.165, 1.54) is 25.5 Å². The number of rotatable bonds is 10. The van der Waals surface area contributed by atoms with E-state index in [0.717, 1.165) is 29.3 Å². The molecule has 0 heterocycles. The van der Waals surface area contributed by atoms with Crippen LogP contribution in [0.25, 0.3) is 0 Å². The third-order valence-electron chi connectivity index (χ3n) is 4.73. The van der Waals surface area contributed by atoms with Crippen molar-refractivity contribution in [3.8, 4) is 23.0 Å². The number of hydrogen-bond acceptors (Lipinski definition) is 9. The van der Waals surface area contributed by atoms with Crippen LogP contribution < -0.4 is 19.6 Å². The molecular formula is C24H22N4O8. The first-order chi connectivity index (χ1) is 17.2. The smallest absolute Gasteiger partial charge is 0.318 e. The van der Waals surface area contributed by atoms with Gasteiger partial charge in [0, 0.05) is 6.07 Å². The minimum absolute atomic E-state index is 0.137. The Hall–Kier alpha value is -5.00. The predicted molar refractivity (Wildman–Crippen MR) is 130 cm³/mol. The molecule has 0 spiro atoms. The summed E-state index contributed by atoms with van der Waals surface area (Å²) in [4.78, 5) is 32.8. The molecule has 12 nitrogen and oxygen atoms in total.